The van der Waals surface area contributed by atoms with E-state index in [0.29, 0.717) is 12.4 Å². The summed E-state index contributed by atoms with van der Waals surface area (Å²) in [7, 11) is 1.97. The highest BCUT2D eigenvalue weighted by Crippen LogP contribution is 2.16. The molecule has 0 bridgehead atoms. The molecule has 0 unspecified atom stereocenters. The first-order valence-electron chi connectivity index (χ1n) is 16.5. The molecule has 0 fully saturated rings. The van der Waals surface area contributed by atoms with Crippen LogP contribution in [0.3, 0.4) is 0 Å². The van der Waals surface area contributed by atoms with Gasteiger partial charge in [0.15, 0.2) is 0 Å². The van der Waals surface area contributed by atoms with E-state index < -0.39 is 0 Å². The molecule has 4 rings (SSSR count). The van der Waals surface area contributed by atoms with Gasteiger partial charge < -0.3 is 5.32 Å². The van der Waals surface area contributed by atoms with Crippen molar-refractivity contribution in [3.63, 3.8) is 0 Å². The third-order valence-electron chi connectivity index (χ3n) is 7.29. The van der Waals surface area contributed by atoms with Gasteiger partial charge in [-0.3, -0.25) is 14.3 Å². The molecule has 5 nitrogen and oxygen atoms in total. The molecule has 5 heteroatoms. The van der Waals surface area contributed by atoms with Crippen LogP contribution in [0.1, 0.15) is 82.1 Å². The van der Waals surface area contributed by atoms with E-state index in [9.17, 15) is 4.79 Å². The fourth-order valence-electron chi connectivity index (χ4n) is 4.77. The minimum atomic E-state index is 0.0402. The summed E-state index contributed by atoms with van der Waals surface area (Å²) >= 11 is 0. The molecule has 0 saturated heterocycles. The van der Waals surface area contributed by atoms with Crippen molar-refractivity contribution in [3.8, 4) is 11.4 Å². The average Bonchev–Trinajstić information content (AvgIpc) is 3.07. The minimum absolute atomic E-state index is 0.0402. The van der Waals surface area contributed by atoms with E-state index >= 15 is 0 Å². The normalized spacial score (nSPS) is 10.7. The van der Waals surface area contributed by atoms with Crippen molar-refractivity contribution in [2.45, 2.75) is 85.6 Å². The Bertz CT molecular complexity index is 1460. The molecule has 240 valence electrons. The number of hydrogen-bond donors (Lipinski definition) is 1. The molecule has 2 heterocycles. The van der Waals surface area contributed by atoms with E-state index in [1.807, 2.05) is 55.8 Å². The van der Waals surface area contributed by atoms with Crippen molar-refractivity contribution < 1.29 is 0 Å². The third-order valence-corrected chi connectivity index (χ3v) is 7.29. The Hall–Kier alpha value is -4.09. The van der Waals surface area contributed by atoms with Gasteiger partial charge in [0.2, 0.25) is 0 Å². The van der Waals surface area contributed by atoms with Gasteiger partial charge in [-0.15, -0.1) is 6.58 Å². The van der Waals surface area contributed by atoms with Crippen LogP contribution < -0.4 is 10.9 Å². The Morgan fingerprint density at radius 1 is 0.844 bits per heavy atom. The minimum Gasteiger partial charge on any atom is -0.316 e. The lowest BCUT2D eigenvalue weighted by atomic mass is 10.0. The number of rotatable bonds is 14. The van der Waals surface area contributed by atoms with Crippen molar-refractivity contribution >= 4 is 6.08 Å². The van der Waals surface area contributed by atoms with Gasteiger partial charge in [0.05, 0.1) is 0 Å². The van der Waals surface area contributed by atoms with Gasteiger partial charge in [-0.25, -0.2) is 4.98 Å². The molecule has 0 radical (unpaired) electrons. The number of hydrogen-bond acceptors (Lipinski definition) is 4. The second-order valence-corrected chi connectivity index (χ2v) is 11.2. The number of aromatic nitrogens is 3. The van der Waals surface area contributed by atoms with Crippen LogP contribution in [0.15, 0.2) is 108 Å². The summed E-state index contributed by atoms with van der Waals surface area (Å²) in [5.74, 6) is 0.698. The molecule has 0 aliphatic carbocycles. The molecular weight excluding hydrogens is 552 g/mol. The number of nitrogens with one attached hydrogen (secondary N) is 1. The molecule has 0 aliphatic heterocycles. The number of aryl methyl sites for hydroxylation is 3. The predicted octanol–water partition coefficient (Wildman–Crippen LogP) is 9.12. The maximum absolute atomic E-state index is 12.9. The zero-order chi connectivity index (χ0) is 32.7. The molecule has 0 atom stereocenters. The number of benzene rings is 2. The number of nitrogens with zero attached hydrogens (tertiary/aromatic N) is 3. The fourth-order valence-corrected chi connectivity index (χ4v) is 4.77. The number of pyridine rings is 1. The molecule has 2 aromatic carbocycles. The van der Waals surface area contributed by atoms with Crippen LogP contribution in [0.25, 0.3) is 17.5 Å². The molecule has 1 N–H and O–H groups in total. The number of allylic oxidation sites excluding steroid dienone is 1. The Kier molecular flexibility index (Phi) is 18.5. The largest absolute Gasteiger partial charge is 0.316 e. The van der Waals surface area contributed by atoms with Crippen molar-refractivity contribution in [1.29, 1.82) is 0 Å². The Labute approximate surface area is 272 Å². The van der Waals surface area contributed by atoms with Crippen LogP contribution in [0.4, 0.5) is 0 Å². The highest BCUT2D eigenvalue weighted by molar-refractivity contribution is 5.56. The standard InChI is InChI=1S/C23H24N2O.C13H20N2.C4H10/c1-2-17-25-22(20-14-7-4-8-15-20)24-18-21(23(25)26)16-10-9-13-19-11-5-3-6-12-19;1-4-5-12-6-7-15-10-13(12)8-11(2)9-14-3;1-3-4-2/h2-8,11-12,14-15,18H,1,9-10,13,16-17H2;6-8,10,14H,4-5,9H2,1-3H3;3-4H2,1-2H3/b;11-8+;. The van der Waals surface area contributed by atoms with Gasteiger partial charge in [-0.05, 0) is 68.8 Å². The molecule has 0 spiro atoms. The van der Waals surface area contributed by atoms with E-state index in [1.165, 1.54) is 41.5 Å². The van der Waals surface area contributed by atoms with Crippen molar-refractivity contribution in [1.82, 2.24) is 19.9 Å². The maximum atomic E-state index is 12.9. The van der Waals surface area contributed by atoms with Gasteiger partial charge in [0.25, 0.3) is 5.56 Å². The van der Waals surface area contributed by atoms with Gasteiger partial charge in [0.1, 0.15) is 5.82 Å². The first-order chi connectivity index (χ1) is 22.0. The van der Waals surface area contributed by atoms with Crippen LogP contribution >= 0.6 is 0 Å². The summed E-state index contributed by atoms with van der Waals surface area (Å²) in [5, 5.41) is 3.15. The summed E-state index contributed by atoms with van der Waals surface area (Å²) in [6, 6.07) is 22.4. The van der Waals surface area contributed by atoms with Crippen molar-refractivity contribution in [2.75, 3.05) is 13.6 Å². The van der Waals surface area contributed by atoms with Crippen molar-refractivity contribution in [3.05, 3.63) is 136 Å². The van der Waals surface area contributed by atoms with E-state index in [1.54, 1.807) is 16.8 Å². The van der Waals surface area contributed by atoms with E-state index in [-0.39, 0.29) is 5.56 Å². The summed E-state index contributed by atoms with van der Waals surface area (Å²) in [4.78, 5) is 21.6. The van der Waals surface area contributed by atoms with Crippen LogP contribution in [0, 0.1) is 0 Å². The summed E-state index contributed by atoms with van der Waals surface area (Å²) in [6.45, 7) is 13.9. The SMILES string of the molecule is C=CCn1c(-c2ccccc2)ncc(CCCCc2ccccc2)c1=O.CCCC.CCCc1ccncc1/C=C(\C)CNC. The van der Waals surface area contributed by atoms with Gasteiger partial charge >= 0.3 is 0 Å². The zero-order valence-corrected chi connectivity index (χ0v) is 28.3. The van der Waals surface area contributed by atoms with E-state index in [4.69, 9.17) is 0 Å². The summed E-state index contributed by atoms with van der Waals surface area (Å²) < 4.78 is 1.72. The smallest absolute Gasteiger partial charge is 0.257 e. The molecule has 2 aromatic heterocycles. The third kappa shape index (κ3) is 13.6. The van der Waals surface area contributed by atoms with Gasteiger partial charge in [-0.1, -0.05) is 118 Å². The van der Waals surface area contributed by atoms with Gasteiger partial charge in [0, 0.05) is 42.8 Å². The summed E-state index contributed by atoms with van der Waals surface area (Å²) in [6.07, 6.45) is 18.3. The lowest BCUT2D eigenvalue weighted by Crippen LogP contribution is -2.26. The fraction of sp³-hybridized carbons (Fsp3) is 0.375. The van der Waals surface area contributed by atoms with Crippen LogP contribution in [0.5, 0.6) is 0 Å². The van der Waals surface area contributed by atoms with Crippen molar-refractivity contribution in [2.24, 2.45) is 0 Å². The Morgan fingerprint density at radius 2 is 1.51 bits per heavy atom. The molecule has 0 aliphatic rings. The van der Waals surface area contributed by atoms with Crippen LogP contribution in [-0.2, 0) is 25.8 Å². The monoisotopic (exact) mass is 606 g/mol. The lowest BCUT2D eigenvalue weighted by Gasteiger charge is -2.12. The second kappa shape index (κ2) is 22.4. The first kappa shape index (κ1) is 37.1. The van der Waals surface area contributed by atoms with Crippen LogP contribution in [0.2, 0.25) is 0 Å². The number of likely N-dealkylation sites (N-methyl/N-ethyl adjacent to an activating group) is 1. The topological polar surface area (TPSA) is 59.8 Å². The van der Waals surface area contributed by atoms with Gasteiger partial charge in [-0.2, -0.15) is 0 Å². The quantitative estimate of drug-likeness (QED) is 0.115. The first-order valence-corrected chi connectivity index (χ1v) is 16.5. The highest BCUT2D eigenvalue weighted by atomic mass is 16.1. The maximum Gasteiger partial charge on any atom is 0.257 e. The highest BCUT2D eigenvalue weighted by Gasteiger charge is 2.11. The average molecular weight is 607 g/mol. The second-order valence-electron chi connectivity index (χ2n) is 11.2. The molecule has 4 aromatic rings. The molecule has 45 heavy (non-hydrogen) atoms. The molecular formula is C40H54N4O. The van der Waals surface area contributed by atoms with E-state index in [0.717, 1.165) is 49.8 Å². The van der Waals surface area contributed by atoms with Crippen LogP contribution in [-0.4, -0.2) is 28.1 Å². The Morgan fingerprint density at radius 3 is 2.13 bits per heavy atom. The predicted molar refractivity (Wildman–Crippen MR) is 194 cm³/mol. The Balaban J connectivity index is 0.000000314. The van der Waals surface area contributed by atoms with E-state index in [2.05, 4.69) is 86.0 Å². The number of unbranched alkanes of at least 4 members (excludes halogenated alkanes) is 2. The molecule has 0 amide bonds. The lowest BCUT2D eigenvalue weighted by molar-refractivity contribution is 0.699. The molecule has 0 saturated carbocycles. The summed E-state index contributed by atoms with van der Waals surface area (Å²) in [5.41, 5.74) is 7.09. The zero-order valence-electron chi connectivity index (χ0n) is 28.3.